The summed E-state index contributed by atoms with van der Waals surface area (Å²) in [5.74, 6) is 1.54. The van der Waals surface area contributed by atoms with Crippen LogP contribution >= 0.6 is 11.3 Å². The number of carbonyl (C=O) groups excluding carboxylic acids is 1. The SMILES string of the molecule is CS(=O)(=O)NCCc1ccc(C(=O)N2CCCC2c2ccc3c(c2)OCCCO3)s1. The van der Waals surface area contributed by atoms with Gasteiger partial charge in [0.25, 0.3) is 5.91 Å². The monoisotopic (exact) mass is 450 g/mol. The first-order valence-electron chi connectivity index (χ1n) is 10.1. The van der Waals surface area contributed by atoms with Crippen LogP contribution in [-0.4, -0.2) is 51.8 Å². The summed E-state index contributed by atoms with van der Waals surface area (Å²) in [4.78, 5) is 16.8. The molecule has 1 unspecified atom stereocenters. The van der Waals surface area contributed by atoms with Crippen molar-refractivity contribution >= 4 is 27.3 Å². The highest BCUT2D eigenvalue weighted by atomic mass is 32.2. The first kappa shape index (κ1) is 21.1. The van der Waals surface area contributed by atoms with Crippen LogP contribution < -0.4 is 14.2 Å². The van der Waals surface area contributed by atoms with E-state index in [0.29, 0.717) is 31.1 Å². The molecule has 0 radical (unpaired) electrons. The van der Waals surface area contributed by atoms with Gasteiger partial charge < -0.3 is 14.4 Å². The third-order valence-electron chi connectivity index (χ3n) is 5.28. The predicted octanol–water partition coefficient (Wildman–Crippen LogP) is 2.98. The number of thiophene rings is 1. The maximum atomic E-state index is 13.2. The molecule has 0 spiro atoms. The molecular weight excluding hydrogens is 424 g/mol. The normalized spacial score (nSPS) is 19.0. The zero-order valence-corrected chi connectivity index (χ0v) is 18.6. The molecule has 1 fully saturated rings. The molecule has 2 aromatic rings. The van der Waals surface area contributed by atoms with E-state index in [1.54, 1.807) is 0 Å². The lowest BCUT2D eigenvalue weighted by Gasteiger charge is -2.25. The largest absolute Gasteiger partial charge is 0.490 e. The highest BCUT2D eigenvalue weighted by Crippen LogP contribution is 2.39. The number of carbonyl (C=O) groups is 1. The van der Waals surface area contributed by atoms with E-state index in [1.165, 1.54) is 11.3 Å². The number of amides is 1. The molecule has 1 aromatic carbocycles. The highest BCUT2D eigenvalue weighted by molar-refractivity contribution is 7.88. The Balaban J connectivity index is 1.46. The molecule has 7 nitrogen and oxygen atoms in total. The minimum absolute atomic E-state index is 0.0205. The van der Waals surface area contributed by atoms with Gasteiger partial charge in [-0.3, -0.25) is 4.79 Å². The number of nitrogens with zero attached hydrogens (tertiary/aromatic N) is 1. The van der Waals surface area contributed by atoms with E-state index in [2.05, 4.69) is 4.72 Å². The quantitative estimate of drug-likeness (QED) is 0.731. The van der Waals surface area contributed by atoms with E-state index >= 15 is 0 Å². The van der Waals surface area contributed by atoms with Crippen LogP contribution in [0.2, 0.25) is 0 Å². The maximum Gasteiger partial charge on any atom is 0.264 e. The van der Waals surface area contributed by atoms with Crippen molar-refractivity contribution in [2.45, 2.75) is 31.7 Å². The molecular formula is C21H26N2O5S2. The number of ether oxygens (including phenoxy) is 2. The molecule has 30 heavy (non-hydrogen) atoms. The summed E-state index contributed by atoms with van der Waals surface area (Å²) in [6.45, 7) is 2.34. The topological polar surface area (TPSA) is 84.9 Å². The van der Waals surface area contributed by atoms with E-state index in [9.17, 15) is 13.2 Å². The number of rotatable bonds is 6. The molecule has 3 heterocycles. The molecule has 1 aromatic heterocycles. The van der Waals surface area contributed by atoms with Gasteiger partial charge in [0.2, 0.25) is 10.0 Å². The number of nitrogens with one attached hydrogen (secondary N) is 1. The summed E-state index contributed by atoms with van der Waals surface area (Å²) in [5.41, 5.74) is 1.07. The van der Waals surface area contributed by atoms with E-state index in [0.717, 1.165) is 54.0 Å². The number of likely N-dealkylation sites (tertiary alicyclic amines) is 1. The van der Waals surface area contributed by atoms with Crippen LogP contribution in [-0.2, 0) is 16.4 Å². The molecule has 162 valence electrons. The van der Waals surface area contributed by atoms with Gasteiger partial charge >= 0.3 is 0 Å². The Morgan fingerprint density at radius 2 is 1.97 bits per heavy atom. The Kier molecular flexibility index (Phi) is 6.31. The number of hydrogen-bond donors (Lipinski definition) is 1. The summed E-state index contributed by atoms with van der Waals surface area (Å²) < 4.78 is 36.4. The fraction of sp³-hybridized carbons (Fsp3) is 0.476. The lowest BCUT2D eigenvalue weighted by Crippen LogP contribution is -2.30. The summed E-state index contributed by atoms with van der Waals surface area (Å²) in [6, 6.07) is 9.74. The average molecular weight is 451 g/mol. The minimum atomic E-state index is -3.20. The van der Waals surface area contributed by atoms with Crippen molar-refractivity contribution in [1.29, 1.82) is 0 Å². The second-order valence-corrected chi connectivity index (χ2v) is 10.6. The first-order chi connectivity index (χ1) is 14.4. The predicted molar refractivity (Wildman–Crippen MR) is 116 cm³/mol. The van der Waals surface area contributed by atoms with E-state index in [1.807, 2.05) is 35.2 Å². The van der Waals surface area contributed by atoms with Gasteiger partial charge in [-0.25, -0.2) is 13.1 Å². The molecule has 9 heteroatoms. The van der Waals surface area contributed by atoms with Gasteiger partial charge in [-0.15, -0.1) is 11.3 Å². The second-order valence-electron chi connectivity index (χ2n) is 7.60. The van der Waals surface area contributed by atoms with Crippen molar-refractivity contribution in [3.8, 4) is 11.5 Å². The summed E-state index contributed by atoms with van der Waals surface area (Å²) in [6.07, 6.45) is 4.45. The molecule has 2 aliphatic rings. The zero-order valence-electron chi connectivity index (χ0n) is 16.9. The molecule has 1 saturated heterocycles. The highest BCUT2D eigenvalue weighted by Gasteiger charge is 2.32. The third-order valence-corrected chi connectivity index (χ3v) is 7.14. The van der Waals surface area contributed by atoms with Crippen molar-refractivity contribution in [3.63, 3.8) is 0 Å². The van der Waals surface area contributed by atoms with E-state index in [-0.39, 0.29) is 11.9 Å². The van der Waals surface area contributed by atoms with E-state index in [4.69, 9.17) is 9.47 Å². The molecule has 0 bridgehead atoms. The fourth-order valence-corrected chi connectivity index (χ4v) is 5.31. The van der Waals surface area contributed by atoms with Gasteiger partial charge in [0.15, 0.2) is 11.5 Å². The van der Waals surface area contributed by atoms with Crippen LogP contribution in [0.15, 0.2) is 30.3 Å². The zero-order chi connectivity index (χ0) is 21.1. The van der Waals surface area contributed by atoms with Crippen molar-refractivity contribution in [2.75, 3.05) is 32.6 Å². The summed E-state index contributed by atoms with van der Waals surface area (Å²) in [5, 5.41) is 0. The van der Waals surface area contributed by atoms with Crippen LogP contribution in [0.4, 0.5) is 0 Å². The fourth-order valence-electron chi connectivity index (χ4n) is 3.87. The van der Waals surface area contributed by atoms with Crippen molar-refractivity contribution in [2.24, 2.45) is 0 Å². The van der Waals surface area contributed by atoms with Crippen LogP contribution in [0.25, 0.3) is 0 Å². The molecule has 2 aliphatic heterocycles. The third kappa shape index (κ3) is 4.96. The molecule has 1 amide bonds. The van der Waals surface area contributed by atoms with Crippen molar-refractivity contribution < 1.29 is 22.7 Å². The Labute approximate surface area is 181 Å². The van der Waals surface area contributed by atoms with Gasteiger partial charge in [0, 0.05) is 24.4 Å². The summed E-state index contributed by atoms with van der Waals surface area (Å²) in [7, 11) is -3.20. The Morgan fingerprint density at radius 1 is 1.17 bits per heavy atom. The smallest absolute Gasteiger partial charge is 0.264 e. The van der Waals surface area contributed by atoms with Crippen LogP contribution in [0.3, 0.4) is 0 Å². The Morgan fingerprint density at radius 3 is 2.77 bits per heavy atom. The number of benzene rings is 1. The average Bonchev–Trinajstić information content (AvgIpc) is 3.31. The van der Waals surface area contributed by atoms with Gasteiger partial charge in [-0.1, -0.05) is 6.07 Å². The van der Waals surface area contributed by atoms with Gasteiger partial charge in [0.05, 0.1) is 30.4 Å². The van der Waals surface area contributed by atoms with Crippen molar-refractivity contribution in [3.05, 3.63) is 45.6 Å². The first-order valence-corrected chi connectivity index (χ1v) is 12.9. The number of fused-ring (bicyclic) bond motifs is 1. The Hall–Kier alpha value is -2.10. The van der Waals surface area contributed by atoms with Crippen LogP contribution in [0.5, 0.6) is 11.5 Å². The van der Waals surface area contributed by atoms with Gasteiger partial charge in [-0.2, -0.15) is 0 Å². The number of hydrogen-bond acceptors (Lipinski definition) is 6. The minimum Gasteiger partial charge on any atom is -0.490 e. The standard InChI is InChI=1S/C21H26N2O5S2/c1-30(25,26)22-10-9-16-6-8-20(29-16)21(24)23-11-2-4-17(23)15-5-7-18-19(14-15)28-13-3-12-27-18/h5-8,14,17,22H,2-4,9-13H2,1H3. The molecule has 0 saturated carbocycles. The van der Waals surface area contributed by atoms with Gasteiger partial charge in [-0.05, 0) is 49.1 Å². The van der Waals surface area contributed by atoms with Crippen LogP contribution in [0, 0.1) is 0 Å². The molecule has 4 rings (SSSR count). The summed E-state index contributed by atoms with van der Waals surface area (Å²) >= 11 is 1.43. The second kappa shape index (κ2) is 8.95. The maximum absolute atomic E-state index is 13.2. The molecule has 1 N–H and O–H groups in total. The van der Waals surface area contributed by atoms with Crippen LogP contribution in [0.1, 0.15) is 45.4 Å². The van der Waals surface area contributed by atoms with E-state index < -0.39 is 10.0 Å². The Bertz CT molecular complexity index is 1020. The lowest BCUT2D eigenvalue weighted by atomic mass is 10.0. The lowest BCUT2D eigenvalue weighted by molar-refractivity contribution is 0.0740. The molecule has 0 aliphatic carbocycles. The van der Waals surface area contributed by atoms with Gasteiger partial charge in [0.1, 0.15) is 0 Å². The molecule has 1 atom stereocenters. The number of sulfonamides is 1. The van der Waals surface area contributed by atoms with Crippen molar-refractivity contribution in [1.82, 2.24) is 9.62 Å².